The fraction of sp³-hybridized carbons (Fsp3) is 0.300. The van der Waals surface area contributed by atoms with Crippen LogP contribution in [0.3, 0.4) is 0 Å². The summed E-state index contributed by atoms with van der Waals surface area (Å²) in [6.45, 7) is -1.37. The molecule has 8 heteroatoms. The number of carbonyl (C=O) groups is 1. The molecule has 1 amide bonds. The van der Waals surface area contributed by atoms with Crippen LogP contribution in [0.15, 0.2) is 22.7 Å². The molecule has 0 radical (unpaired) electrons. The average molecular weight is 329 g/mol. The number of nitrogens with two attached hydrogens (primary N) is 1. The summed E-state index contributed by atoms with van der Waals surface area (Å²) in [6.07, 6.45) is -4.47. The van der Waals surface area contributed by atoms with Gasteiger partial charge < -0.3 is 5.73 Å². The minimum atomic E-state index is -4.47. The highest BCUT2D eigenvalue weighted by molar-refractivity contribution is 9.10. The van der Waals surface area contributed by atoms with Crippen molar-refractivity contribution in [3.8, 4) is 0 Å². The van der Waals surface area contributed by atoms with Gasteiger partial charge in [-0.15, -0.1) is 0 Å². The Morgan fingerprint density at radius 3 is 2.50 bits per heavy atom. The topological polar surface area (TPSA) is 55.1 Å². The minimum Gasteiger partial charge on any atom is -0.368 e. The van der Waals surface area contributed by atoms with Gasteiger partial charge in [0.25, 0.3) is 0 Å². The highest BCUT2D eigenvalue weighted by atomic mass is 79.9. The number of carbonyl (C=O) groups excluding carboxylic acids is 1. The number of benzene rings is 1. The van der Waals surface area contributed by atoms with Crippen molar-refractivity contribution in [2.45, 2.75) is 12.2 Å². The molecular weight excluding hydrogens is 320 g/mol. The van der Waals surface area contributed by atoms with Crippen LogP contribution in [0, 0.1) is 5.82 Å². The molecule has 0 aromatic heterocycles. The van der Waals surface area contributed by atoms with Gasteiger partial charge >= 0.3 is 6.18 Å². The van der Waals surface area contributed by atoms with Crippen molar-refractivity contribution in [3.63, 3.8) is 0 Å². The summed E-state index contributed by atoms with van der Waals surface area (Å²) in [6, 6.07) is 1.92. The Balaban J connectivity index is 2.95. The van der Waals surface area contributed by atoms with Gasteiger partial charge in [-0.2, -0.15) is 13.2 Å². The average Bonchev–Trinajstić information content (AvgIpc) is 2.18. The van der Waals surface area contributed by atoms with Gasteiger partial charge in [0.2, 0.25) is 5.91 Å². The molecule has 0 bridgehead atoms. The summed E-state index contributed by atoms with van der Waals surface area (Å²) >= 11 is 2.97. The largest absolute Gasteiger partial charge is 0.401 e. The number of hydrogen-bond donors (Lipinski definition) is 2. The summed E-state index contributed by atoms with van der Waals surface area (Å²) in [4.78, 5) is 11.1. The van der Waals surface area contributed by atoms with E-state index in [1.165, 1.54) is 6.07 Å². The maximum Gasteiger partial charge on any atom is 0.401 e. The van der Waals surface area contributed by atoms with E-state index in [1.807, 2.05) is 5.32 Å². The Kier molecular flexibility index (Phi) is 4.69. The number of rotatable bonds is 4. The molecule has 1 aromatic carbocycles. The van der Waals surface area contributed by atoms with Gasteiger partial charge in [-0.25, -0.2) is 4.39 Å². The van der Waals surface area contributed by atoms with Gasteiger partial charge in [-0.1, -0.05) is 22.0 Å². The van der Waals surface area contributed by atoms with Crippen LogP contribution in [0.5, 0.6) is 0 Å². The van der Waals surface area contributed by atoms with Crippen LogP contribution in [0.1, 0.15) is 11.6 Å². The van der Waals surface area contributed by atoms with E-state index < -0.39 is 30.5 Å². The quantitative estimate of drug-likeness (QED) is 0.833. The molecule has 18 heavy (non-hydrogen) atoms. The molecule has 0 spiro atoms. The summed E-state index contributed by atoms with van der Waals surface area (Å²) in [5.74, 6) is -1.56. The van der Waals surface area contributed by atoms with Gasteiger partial charge in [0.15, 0.2) is 0 Å². The third kappa shape index (κ3) is 4.26. The van der Waals surface area contributed by atoms with Crippen LogP contribution in [-0.2, 0) is 4.79 Å². The lowest BCUT2D eigenvalue weighted by molar-refractivity contribution is -0.130. The van der Waals surface area contributed by atoms with E-state index in [-0.39, 0.29) is 10.0 Å². The van der Waals surface area contributed by atoms with Crippen LogP contribution in [-0.4, -0.2) is 18.6 Å². The van der Waals surface area contributed by atoms with Crippen LogP contribution >= 0.6 is 15.9 Å². The maximum absolute atomic E-state index is 12.8. The first-order chi connectivity index (χ1) is 8.20. The van der Waals surface area contributed by atoms with Crippen LogP contribution in [0.4, 0.5) is 17.6 Å². The first-order valence-corrected chi connectivity index (χ1v) is 5.54. The molecule has 0 heterocycles. The fourth-order valence-corrected chi connectivity index (χ4v) is 1.90. The highest BCUT2D eigenvalue weighted by Gasteiger charge is 2.30. The number of amides is 1. The molecule has 0 aliphatic heterocycles. The van der Waals surface area contributed by atoms with Crippen molar-refractivity contribution in [3.05, 3.63) is 34.1 Å². The third-order valence-electron chi connectivity index (χ3n) is 2.06. The van der Waals surface area contributed by atoms with Gasteiger partial charge in [0.1, 0.15) is 11.9 Å². The van der Waals surface area contributed by atoms with Crippen molar-refractivity contribution in [2.24, 2.45) is 5.73 Å². The number of halogens is 5. The lowest BCUT2D eigenvalue weighted by Gasteiger charge is -2.18. The zero-order chi connectivity index (χ0) is 13.9. The number of nitrogens with one attached hydrogen (secondary N) is 1. The summed E-state index contributed by atoms with van der Waals surface area (Å²) in [5, 5.41) is 1.98. The standard InChI is InChI=1S/C10H9BrF4N2O/c11-7-3-5(12)1-2-6(7)8(9(16)18)17-4-10(13,14)15/h1-3,8,17H,4H2,(H2,16,18). The molecule has 0 saturated carbocycles. The minimum absolute atomic E-state index is 0.146. The zero-order valence-corrected chi connectivity index (χ0v) is 10.5. The van der Waals surface area contributed by atoms with Crippen LogP contribution in [0.2, 0.25) is 0 Å². The molecule has 1 rings (SSSR count). The fourth-order valence-electron chi connectivity index (χ4n) is 1.32. The molecule has 1 aromatic rings. The molecule has 3 N–H and O–H groups in total. The maximum atomic E-state index is 12.8. The van der Waals surface area contributed by atoms with E-state index in [9.17, 15) is 22.4 Å². The Morgan fingerprint density at radius 2 is 2.06 bits per heavy atom. The van der Waals surface area contributed by atoms with E-state index in [2.05, 4.69) is 15.9 Å². The molecule has 3 nitrogen and oxygen atoms in total. The molecule has 0 fully saturated rings. The SMILES string of the molecule is NC(=O)C(NCC(F)(F)F)c1ccc(F)cc1Br. The van der Waals surface area contributed by atoms with E-state index >= 15 is 0 Å². The Hall–Kier alpha value is -1.15. The summed E-state index contributed by atoms with van der Waals surface area (Å²) in [5.41, 5.74) is 5.17. The van der Waals surface area contributed by atoms with E-state index in [4.69, 9.17) is 5.73 Å². The Labute approximate surface area is 108 Å². The first-order valence-electron chi connectivity index (χ1n) is 4.75. The van der Waals surface area contributed by atoms with Crippen molar-refractivity contribution in [1.82, 2.24) is 5.32 Å². The van der Waals surface area contributed by atoms with Crippen molar-refractivity contribution < 1.29 is 22.4 Å². The van der Waals surface area contributed by atoms with Crippen LogP contribution < -0.4 is 11.1 Å². The lowest BCUT2D eigenvalue weighted by Crippen LogP contribution is -2.39. The summed E-state index contributed by atoms with van der Waals surface area (Å²) < 4.78 is 49.2. The van der Waals surface area contributed by atoms with Crippen LogP contribution in [0.25, 0.3) is 0 Å². The monoisotopic (exact) mass is 328 g/mol. The number of hydrogen-bond acceptors (Lipinski definition) is 2. The van der Waals surface area contributed by atoms with Crippen molar-refractivity contribution in [2.75, 3.05) is 6.54 Å². The molecule has 0 aliphatic rings. The lowest BCUT2D eigenvalue weighted by atomic mass is 10.1. The predicted octanol–water partition coefficient (Wildman–Crippen LogP) is 2.27. The predicted molar refractivity (Wildman–Crippen MR) is 60.1 cm³/mol. The second-order valence-electron chi connectivity index (χ2n) is 3.50. The Morgan fingerprint density at radius 1 is 1.44 bits per heavy atom. The molecule has 100 valence electrons. The summed E-state index contributed by atoms with van der Waals surface area (Å²) in [7, 11) is 0. The molecule has 0 aliphatic carbocycles. The number of alkyl halides is 3. The molecule has 0 saturated heterocycles. The highest BCUT2D eigenvalue weighted by Crippen LogP contribution is 2.25. The van der Waals surface area contributed by atoms with Gasteiger partial charge in [0.05, 0.1) is 6.54 Å². The van der Waals surface area contributed by atoms with Gasteiger partial charge in [0, 0.05) is 4.47 Å². The van der Waals surface area contributed by atoms with Gasteiger partial charge in [-0.05, 0) is 17.7 Å². The molecular formula is C10H9BrF4N2O. The second kappa shape index (κ2) is 5.66. The zero-order valence-electron chi connectivity index (χ0n) is 8.89. The Bertz CT molecular complexity index is 450. The normalized spacial score (nSPS) is 13.4. The third-order valence-corrected chi connectivity index (χ3v) is 2.75. The number of primary amides is 1. The van der Waals surface area contributed by atoms with E-state index in [0.717, 1.165) is 12.1 Å². The molecule has 1 unspecified atom stereocenters. The van der Waals surface area contributed by atoms with E-state index in [0.29, 0.717) is 0 Å². The van der Waals surface area contributed by atoms with Crippen molar-refractivity contribution in [1.29, 1.82) is 0 Å². The van der Waals surface area contributed by atoms with E-state index in [1.54, 1.807) is 0 Å². The second-order valence-corrected chi connectivity index (χ2v) is 4.35. The van der Waals surface area contributed by atoms with Gasteiger partial charge in [-0.3, -0.25) is 10.1 Å². The van der Waals surface area contributed by atoms with Crippen molar-refractivity contribution >= 4 is 21.8 Å². The first kappa shape index (κ1) is 14.9. The molecule has 1 atom stereocenters. The smallest absolute Gasteiger partial charge is 0.368 e.